The average Bonchev–Trinajstić information content (AvgIpc) is 3.04. The molecule has 0 bridgehead atoms. The Morgan fingerprint density at radius 2 is 1.29 bits per heavy atom. The van der Waals surface area contributed by atoms with Crippen molar-refractivity contribution in [2.75, 3.05) is 19.6 Å². The van der Waals surface area contributed by atoms with Gasteiger partial charge in [-0.1, -0.05) is 0 Å². The van der Waals surface area contributed by atoms with Crippen molar-refractivity contribution < 1.29 is 34.3 Å². The third-order valence-corrected chi connectivity index (χ3v) is 22.0. The van der Waals surface area contributed by atoms with E-state index in [-0.39, 0.29) is 0 Å². The van der Waals surface area contributed by atoms with Crippen molar-refractivity contribution in [2.45, 2.75) is 64.5 Å². The molecule has 0 fully saturated rings. The predicted octanol–water partition coefficient (Wildman–Crippen LogP) is 5.19. The Balaban J connectivity index is 3.49. The summed E-state index contributed by atoms with van der Waals surface area (Å²) >= 11 is -7.84. The normalized spacial score (nSPS) is 16.4. The number of hydrogen-bond donors (Lipinski definition) is 3. The summed E-state index contributed by atoms with van der Waals surface area (Å²) in [6, 6.07) is 0. The summed E-state index contributed by atoms with van der Waals surface area (Å²) in [4.78, 5) is 0. The van der Waals surface area contributed by atoms with E-state index in [2.05, 4.69) is 51.3 Å². The van der Waals surface area contributed by atoms with Crippen LogP contribution in [0.5, 0.6) is 0 Å². The number of halogens is 3. The van der Waals surface area contributed by atoms with Gasteiger partial charge in [-0.3, -0.25) is 0 Å². The Bertz CT molecular complexity index is 538. The number of nitrogens with one attached hydrogen (secondary N) is 3. The molecular weight excluding hydrogens is 503 g/mol. The Morgan fingerprint density at radius 1 is 0.893 bits per heavy atom. The summed E-state index contributed by atoms with van der Waals surface area (Å²) in [5.74, 6) is 4.30. The maximum atomic E-state index is 14.0. The van der Waals surface area contributed by atoms with Gasteiger partial charge in [0, 0.05) is 0 Å². The summed E-state index contributed by atoms with van der Waals surface area (Å²) in [6.45, 7) is 15.3. The van der Waals surface area contributed by atoms with Gasteiger partial charge in [-0.25, -0.2) is 0 Å². The van der Waals surface area contributed by atoms with E-state index in [0.29, 0.717) is 28.6 Å². The van der Waals surface area contributed by atoms with Crippen LogP contribution in [-0.4, -0.2) is 37.9 Å². The monoisotopic (exact) mass is 543 g/mol. The van der Waals surface area contributed by atoms with Crippen molar-refractivity contribution in [3.63, 3.8) is 0 Å². The van der Waals surface area contributed by atoms with Crippen molar-refractivity contribution in [1.82, 2.24) is 9.78 Å². The molecule has 0 amide bonds. The first kappa shape index (κ1) is 26.6. The molecule has 3 nitrogen and oxygen atoms in total. The van der Waals surface area contributed by atoms with Crippen LogP contribution in [0.3, 0.4) is 0 Å². The average molecular weight is 543 g/mol. The second-order valence-electron chi connectivity index (χ2n) is 9.70. The Labute approximate surface area is 178 Å². The van der Waals surface area contributed by atoms with Gasteiger partial charge in [-0.2, -0.15) is 0 Å². The second-order valence-corrected chi connectivity index (χ2v) is 26.6. The van der Waals surface area contributed by atoms with E-state index in [0.717, 1.165) is 22.9 Å². The zero-order valence-electron chi connectivity index (χ0n) is 18.8. The predicted molar refractivity (Wildman–Crippen MR) is 113 cm³/mol. The van der Waals surface area contributed by atoms with Gasteiger partial charge < -0.3 is 0 Å². The zero-order valence-corrected chi connectivity index (χ0v) is 23.4. The molecule has 0 unspecified atom stereocenters. The standard InChI is InChI=1S/C8H10F3Ge.3C4H10N.Zr/c1-12(2,8(9,10)11)7-5-3-4-6-7;3*1-4(2)3-5;/h3,5H,4H2,1-2H3;3*4-5H,3H2,1-2H3;/q;3*-1;+3. The minimum absolute atomic E-state index is 0.438. The molecule has 1 rings (SSSR count). The molecule has 0 atom stereocenters. The van der Waals surface area contributed by atoms with Crippen LogP contribution >= 0.6 is 0 Å². The summed E-state index contributed by atoms with van der Waals surface area (Å²) in [6.07, 6.45) is 4.37. The quantitative estimate of drug-likeness (QED) is 0.315. The van der Waals surface area contributed by atoms with Crippen LogP contribution in [0.4, 0.5) is 13.2 Å². The van der Waals surface area contributed by atoms with Gasteiger partial charge in [0.25, 0.3) is 0 Å². The summed E-state index contributed by atoms with van der Waals surface area (Å²) in [5.41, 5.74) is 0. The van der Waals surface area contributed by atoms with Crippen molar-refractivity contribution in [2.24, 2.45) is 17.8 Å². The molecule has 0 saturated heterocycles. The van der Waals surface area contributed by atoms with Crippen LogP contribution in [0.1, 0.15) is 48.0 Å². The van der Waals surface area contributed by atoms with E-state index >= 15 is 0 Å². The first-order chi connectivity index (χ1) is 12.7. The molecule has 0 spiro atoms. The molecule has 0 aromatic carbocycles. The maximum absolute atomic E-state index is 14.0. The van der Waals surface area contributed by atoms with E-state index in [1.54, 1.807) is 6.08 Å². The van der Waals surface area contributed by atoms with Crippen LogP contribution in [-0.2, 0) is 21.1 Å². The fourth-order valence-electron chi connectivity index (χ4n) is 3.18. The molecule has 28 heavy (non-hydrogen) atoms. The van der Waals surface area contributed by atoms with Crippen molar-refractivity contribution in [3.05, 3.63) is 19.8 Å². The summed E-state index contributed by atoms with van der Waals surface area (Å²) < 4.78 is 54.9. The van der Waals surface area contributed by atoms with Crippen LogP contribution in [0.25, 0.3) is 0 Å². The van der Waals surface area contributed by atoms with E-state index < -0.39 is 39.4 Å². The Hall–Kier alpha value is 0.576. The van der Waals surface area contributed by atoms with Crippen molar-refractivity contribution in [1.29, 1.82) is 0 Å². The fraction of sp³-hybridized carbons (Fsp3) is 0.800. The van der Waals surface area contributed by atoms with Crippen LogP contribution in [0.2, 0.25) is 11.5 Å². The molecule has 8 heteroatoms. The van der Waals surface area contributed by atoms with E-state index in [9.17, 15) is 13.2 Å². The van der Waals surface area contributed by atoms with E-state index in [1.165, 1.54) is 11.5 Å². The Morgan fingerprint density at radius 3 is 1.61 bits per heavy atom. The van der Waals surface area contributed by atoms with Gasteiger partial charge >= 0.3 is 179 Å². The molecular formula is C20H40F3GeN3Zr. The third-order valence-electron chi connectivity index (χ3n) is 5.09. The Kier molecular flexibility index (Phi) is 10.2. The van der Waals surface area contributed by atoms with Crippen molar-refractivity contribution >= 4 is 13.3 Å². The van der Waals surface area contributed by atoms with Crippen LogP contribution in [0.15, 0.2) is 19.8 Å². The molecule has 1 aliphatic rings. The minimum atomic E-state index is -4.19. The van der Waals surface area contributed by atoms with Gasteiger partial charge in [0.05, 0.1) is 0 Å². The van der Waals surface area contributed by atoms with E-state index in [1.807, 2.05) is 6.08 Å². The fourth-order valence-corrected chi connectivity index (χ4v) is 23.1. The molecule has 3 N–H and O–H groups in total. The molecule has 0 aromatic rings. The number of allylic oxidation sites excluding steroid dienone is 4. The summed E-state index contributed by atoms with van der Waals surface area (Å²) in [7, 11) is 0. The van der Waals surface area contributed by atoms with Gasteiger partial charge in [-0.05, 0) is 0 Å². The molecule has 1 aliphatic carbocycles. The van der Waals surface area contributed by atoms with Crippen LogP contribution < -0.4 is 9.78 Å². The summed E-state index contributed by atoms with van der Waals surface area (Å²) in [5, 5.41) is -4.10. The first-order valence-electron chi connectivity index (χ1n) is 10.5. The van der Waals surface area contributed by atoms with Gasteiger partial charge in [0.2, 0.25) is 0 Å². The van der Waals surface area contributed by atoms with Crippen LogP contribution in [0, 0.1) is 17.8 Å². The molecule has 0 saturated carbocycles. The number of hydrogen-bond acceptors (Lipinski definition) is 3. The molecule has 0 aliphatic heterocycles. The molecule has 0 radical (unpaired) electrons. The van der Waals surface area contributed by atoms with Crippen molar-refractivity contribution in [3.8, 4) is 0 Å². The van der Waals surface area contributed by atoms with Gasteiger partial charge in [0.15, 0.2) is 0 Å². The molecule has 0 heterocycles. The molecule has 0 aromatic heterocycles. The van der Waals surface area contributed by atoms with Gasteiger partial charge in [0.1, 0.15) is 0 Å². The van der Waals surface area contributed by atoms with E-state index in [4.69, 9.17) is 0 Å². The second kappa shape index (κ2) is 10.7. The topological polar surface area (TPSA) is 36.1 Å². The van der Waals surface area contributed by atoms with Gasteiger partial charge in [-0.15, -0.1) is 0 Å². The third kappa shape index (κ3) is 7.07. The SMILES string of the molecule is CC(C)C[NH][Zr]([NH]CC(C)C)([NH]CC(C)C)[C]1=[C]([Ge]([CH3])([CH3])[C](F)(F)F)C=CC1. The number of rotatable bonds is 11. The molecule has 164 valence electrons. The first-order valence-corrected chi connectivity index (χ1v) is 21.7. The zero-order chi connectivity index (χ0) is 21.8. The number of alkyl halides is 3.